The lowest BCUT2D eigenvalue weighted by molar-refractivity contribution is -0.125. The topological polar surface area (TPSA) is 83.3 Å². The molecule has 0 fully saturated rings. The fourth-order valence-electron chi connectivity index (χ4n) is 2.37. The molecule has 1 amide bonds. The third kappa shape index (κ3) is 4.93. The monoisotopic (exact) mass is 445 g/mol. The fraction of sp³-hybridized carbons (Fsp3) is 0.105. The maximum Gasteiger partial charge on any atom is 0.280 e. The molecule has 138 valence electrons. The van der Waals surface area contributed by atoms with E-state index in [1.54, 1.807) is 17.4 Å². The number of rotatable bonds is 6. The van der Waals surface area contributed by atoms with Crippen molar-refractivity contribution in [2.75, 3.05) is 6.61 Å². The number of carbonyl (C=O) groups is 1. The van der Waals surface area contributed by atoms with Crippen molar-refractivity contribution in [3.8, 4) is 5.75 Å². The van der Waals surface area contributed by atoms with Crippen LogP contribution in [0.1, 0.15) is 17.4 Å². The van der Waals surface area contributed by atoms with Gasteiger partial charge in [-0.1, -0.05) is 39.3 Å². The summed E-state index contributed by atoms with van der Waals surface area (Å²) >= 11 is 4.96. The van der Waals surface area contributed by atoms with Crippen LogP contribution in [0, 0.1) is 0 Å². The largest absolute Gasteiger partial charge is 0.507 e. The van der Waals surface area contributed by atoms with Crippen LogP contribution in [0.2, 0.25) is 0 Å². The van der Waals surface area contributed by atoms with E-state index in [0.717, 1.165) is 20.1 Å². The van der Waals surface area contributed by atoms with E-state index in [0.29, 0.717) is 11.3 Å². The summed E-state index contributed by atoms with van der Waals surface area (Å²) in [6, 6.07) is 12.9. The van der Waals surface area contributed by atoms with Crippen LogP contribution in [0.4, 0.5) is 0 Å². The molecule has 8 heteroatoms. The van der Waals surface area contributed by atoms with Crippen LogP contribution in [0.15, 0.2) is 62.6 Å². The molecule has 1 heterocycles. The second kappa shape index (κ2) is 8.79. The molecule has 0 unspecified atom stereocenters. The summed E-state index contributed by atoms with van der Waals surface area (Å²) in [5.41, 5.74) is 3.58. The minimum absolute atomic E-state index is 0.0789. The molecular weight excluding hydrogens is 430 g/mol. The Bertz CT molecular complexity index is 1020. The van der Waals surface area contributed by atoms with Crippen LogP contribution in [0.3, 0.4) is 0 Å². The van der Waals surface area contributed by atoms with Gasteiger partial charge in [-0.05, 0) is 47.3 Å². The molecule has 0 bridgehead atoms. The molecule has 0 spiro atoms. The molecule has 3 aromatic rings. The number of benzene rings is 2. The number of nitrogens with zero attached hydrogens (tertiary/aromatic N) is 2. The number of thiophene rings is 1. The lowest BCUT2D eigenvalue weighted by Crippen LogP contribution is -2.22. The molecule has 0 aliphatic rings. The summed E-state index contributed by atoms with van der Waals surface area (Å²) < 4.78 is 0.937. The zero-order chi connectivity index (χ0) is 19.2. The first-order valence-electron chi connectivity index (χ1n) is 7.98. The third-order valence-electron chi connectivity index (χ3n) is 3.66. The fourth-order valence-corrected chi connectivity index (χ4v) is 3.41. The first-order valence-corrected chi connectivity index (χ1v) is 9.65. The van der Waals surface area contributed by atoms with Crippen molar-refractivity contribution in [3.05, 3.63) is 62.8 Å². The zero-order valence-electron chi connectivity index (χ0n) is 14.3. The maximum atomic E-state index is 11.8. The van der Waals surface area contributed by atoms with Gasteiger partial charge >= 0.3 is 0 Å². The van der Waals surface area contributed by atoms with E-state index in [2.05, 4.69) is 31.6 Å². The molecule has 0 aliphatic heterocycles. The Morgan fingerprint density at radius 3 is 2.96 bits per heavy atom. The first kappa shape index (κ1) is 19.1. The Hall–Kier alpha value is -2.71. The number of hydrogen-bond donors (Lipinski definition) is 2. The zero-order valence-corrected chi connectivity index (χ0v) is 16.8. The predicted molar refractivity (Wildman–Crippen MR) is 112 cm³/mol. The van der Waals surface area contributed by atoms with Crippen molar-refractivity contribution in [1.29, 1.82) is 0 Å². The normalized spacial score (nSPS) is 11.9. The highest BCUT2D eigenvalue weighted by Crippen LogP contribution is 2.27. The van der Waals surface area contributed by atoms with Gasteiger partial charge in [0, 0.05) is 10.0 Å². The minimum Gasteiger partial charge on any atom is -0.507 e. The lowest BCUT2D eigenvalue weighted by Gasteiger charge is -2.05. The Balaban J connectivity index is 1.60. The van der Waals surface area contributed by atoms with Gasteiger partial charge in [0.05, 0.1) is 16.8 Å². The number of phenolic OH excluding ortho intramolecular Hbond substituents is 1. The number of nitrogens with one attached hydrogen (secondary N) is 1. The molecule has 2 N–H and O–H groups in total. The smallest absolute Gasteiger partial charge is 0.280 e. The quantitative estimate of drug-likeness (QED) is 0.439. The van der Waals surface area contributed by atoms with Crippen LogP contribution < -0.4 is 5.43 Å². The van der Waals surface area contributed by atoms with Gasteiger partial charge in [-0.25, -0.2) is 5.43 Å². The van der Waals surface area contributed by atoms with Gasteiger partial charge in [-0.3, -0.25) is 4.79 Å². The molecule has 27 heavy (non-hydrogen) atoms. The number of oxime groups is 1. The number of hydrazone groups is 1. The Morgan fingerprint density at radius 1 is 1.33 bits per heavy atom. The molecule has 0 aliphatic carbocycles. The summed E-state index contributed by atoms with van der Waals surface area (Å²) in [4.78, 5) is 17.8. The molecule has 1 aromatic heterocycles. The molecular formula is C19H16BrN3O3S. The van der Waals surface area contributed by atoms with Gasteiger partial charge in [0.1, 0.15) is 5.75 Å². The average Bonchev–Trinajstić information content (AvgIpc) is 3.18. The van der Waals surface area contributed by atoms with Crippen molar-refractivity contribution >= 4 is 55.9 Å². The highest BCUT2D eigenvalue weighted by molar-refractivity contribution is 9.10. The van der Waals surface area contributed by atoms with E-state index in [1.807, 2.05) is 48.7 Å². The SMILES string of the molecule is CC(=NOCC(=O)NN=Cc1c(O)ccc2cc(Br)ccc12)c1cccs1. The van der Waals surface area contributed by atoms with Crippen LogP contribution in [0.5, 0.6) is 5.75 Å². The summed E-state index contributed by atoms with van der Waals surface area (Å²) in [5.74, 6) is -0.369. The summed E-state index contributed by atoms with van der Waals surface area (Å²) in [5, 5.41) is 21.6. The highest BCUT2D eigenvalue weighted by atomic mass is 79.9. The van der Waals surface area contributed by atoms with E-state index in [9.17, 15) is 9.90 Å². The minimum atomic E-state index is -0.448. The van der Waals surface area contributed by atoms with Gasteiger partial charge in [0.25, 0.3) is 5.91 Å². The van der Waals surface area contributed by atoms with Gasteiger partial charge in [0.15, 0.2) is 6.61 Å². The molecule has 0 atom stereocenters. The number of carbonyl (C=O) groups excluding carboxylic acids is 1. The second-order valence-corrected chi connectivity index (χ2v) is 7.45. The molecule has 3 rings (SSSR count). The van der Waals surface area contributed by atoms with E-state index in [1.165, 1.54) is 6.21 Å². The van der Waals surface area contributed by atoms with E-state index < -0.39 is 5.91 Å². The van der Waals surface area contributed by atoms with Gasteiger partial charge in [-0.2, -0.15) is 5.10 Å². The Kier molecular flexibility index (Phi) is 6.20. The van der Waals surface area contributed by atoms with Gasteiger partial charge in [-0.15, -0.1) is 11.3 Å². The van der Waals surface area contributed by atoms with Crippen LogP contribution in [-0.2, 0) is 9.63 Å². The van der Waals surface area contributed by atoms with Crippen molar-refractivity contribution in [2.45, 2.75) is 6.92 Å². The highest BCUT2D eigenvalue weighted by Gasteiger charge is 2.06. The van der Waals surface area contributed by atoms with Crippen LogP contribution in [-0.4, -0.2) is 29.5 Å². The van der Waals surface area contributed by atoms with Crippen molar-refractivity contribution < 1.29 is 14.7 Å². The molecule has 0 saturated carbocycles. The van der Waals surface area contributed by atoms with E-state index >= 15 is 0 Å². The standard InChI is InChI=1S/C19H16BrN3O3S/c1-12(18-3-2-8-27-18)23-26-11-19(25)22-21-10-16-15-6-5-14(20)9-13(15)4-7-17(16)24/h2-10,24H,11H2,1H3,(H,22,25). The molecule has 0 radical (unpaired) electrons. The lowest BCUT2D eigenvalue weighted by atomic mass is 10.0. The maximum absolute atomic E-state index is 11.8. The molecule has 2 aromatic carbocycles. The average molecular weight is 446 g/mol. The van der Waals surface area contributed by atoms with Crippen molar-refractivity contribution in [1.82, 2.24) is 5.43 Å². The third-order valence-corrected chi connectivity index (χ3v) is 5.13. The van der Waals surface area contributed by atoms with Crippen LogP contribution >= 0.6 is 27.3 Å². The Morgan fingerprint density at radius 2 is 2.19 bits per heavy atom. The molecule has 0 saturated heterocycles. The number of halogens is 1. The van der Waals surface area contributed by atoms with Crippen molar-refractivity contribution in [2.24, 2.45) is 10.3 Å². The number of hydrogen-bond acceptors (Lipinski definition) is 6. The van der Waals surface area contributed by atoms with Gasteiger partial charge < -0.3 is 9.94 Å². The van der Waals surface area contributed by atoms with Gasteiger partial charge in [0.2, 0.25) is 0 Å². The number of amides is 1. The summed E-state index contributed by atoms with van der Waals surface area (Å²) in [6.07, 6.45) is 1.41. The number of phenols is 1. The van der Waals surface area contributed by atoms with Crippen molar-refractivity contribution in [3.63, 3.8) is 0 Å². The van der Waals surface area contributed by atoms with E-state index in [4.69, 9.17) is 4.84 Å². The van der Waals surface area contributed by atoms with E-state index in [-0.39, 0.29) is 12.4 Å². The van der Waals surface area contributed by atoms with Crippen LogP contribution in [0.25, 0.3) is 10.8 Å². The first-order chi connectivity index (χ1) is 13.0. The number of aromatic hydroxyl groups is 1. The second-order valence-electron chi connectivity index (χ2n) is 5.58. The Labute approximate surface area is 168 Å². The number of fused-ring (bicyclic) bond motifs is 1. The predicted octanol–water partition coefficient (Wildman–Crippen LogP) is 4.26. The summed E-state index contributed by atoms with van der Waals surface area (Å²) in [6.45, 7) is 1.55. The summed E-state index contributed by atoms with van der Waals surface area (Å²) in [7, 11) is 0. The molecule has 6 nitrogen and oxygen atoms in total.